The molecular weight excluding hydrogens is 1540 g/mol. The highest BCUT2D eigenvalue weighted by molar-refractivity contribution is 8.14. The quantitative estimate of drug-likeness (QED) is 0.0331. The van der Waals surface area contributed by atoms with E-state index in [0.29, 0.717) is 131 Å². The summed E-state index contributed by atoms with van der Waals surface area (Å²) in [5, 5.41) is 0.0452. The minimum absolute atomic E-state index is 0.0452. The molecule has 0 aliphatic carbocycles. The van der Waals surface area contributed by atoms with Crippen LogP contribution in [0.1, 0.15) is 157 Å². The Labute approximate surface area is 704 Å². The van der Waals surface area contributed by atoms with Crippen molar-refractivity contribution in [3.63, 3.8) is 0 Å². The Hall–Kier alpha value is -12.3. The van der Waals surface area contributed by atoms with Gasteiger partial charge in [-0.25, -0.2) is 71.8 Å². The third kappa shape index (κ3) is 23.8. The molecule has 0 saturated heterocycles. The van der Waals surface area contributed by atoms with Gasteiger partial charge in [-0.3, -0.25) is 4.79 Å². The zero-order chi connectivity index (χ0) is 87.0. The number of halogens is 4. The monoisotopic (exact) mass is 1640 g/mol. The topological polar surface area (TPSA) is 212 Å². The Bertz CT molecular complexity index is 5740. The van der Waals surface area contributed by atoms with Crippen LogP contribution in [-0.2, 0) is 20.8 Å². The van der Waals surface area contributed by atoms with E-state index in [0.717, 1.165) is 40.0 Å². The second kappa shape index (κ2) is 40.4. The number of ether oxygens (including phenoxy) is 3. The van der Waals surface area contributed by atoms with E-state index in [-0.39, 0.29) is 65.1 Å². The molecule has 0 fully saturated rings. The molecule has 0 atom stereocenters. The number of hydrogen-bond donors (Lipinski definition) is 0. The van der Waals surface area contributed by atoms with Crippen molar-refractivity contribution >= 4 is 102 Å². The van der Waals surface area contributed by atoms with Crippen molar-refractivity contribution in [3.05, 3.63) is 251 Å². The van der Waals surface area contributed by atoms with Gasteiger partial charge in [0, 0.05) is 85.9 Å². The maximum atomic E-state index is 13.4. The first-order valence-corrected chi connectivity index (χ1v) is 41.0. The number of nitrogens with zero attached hydrogens (tertiary/aromatic N) is 12. The molecule has 0 bridgehead atoms. The molecule has 0 aliphatic rings. The van der Waals surface area contributed by atoms with Gasteiger partial charge < -0.3 is 33.8 Å². The Balaban J connectivity index is 0.000000168. The van der Waals surface area contributed by atoms with Gasteiger partial charge in [-0.1, -0.05) is 69.8 Å². The first-order chi connectivity index (χ1) is 57.0. The van der Waals surface area contributed by atoms with Crippen LogP contribution in [0.5, 0.6) is 0 Å². The third-order valence-electron chi connectivity index (χ3n) is 19.5. The summed E-state index contributed by atoms with van der Waals surface area (Å²) in [5.74, 6) is 2.05. The van der Waals surface area contributed by atoms with Crippen molar-refractivity contribution in [3.8, 4) is 45.0 Å². The predicted octanol–water partition coefficient (Wildman–Crippen LogP) is 22.2. The SMILES string of the molecule is CC(C)CCOC(=O)c1ccc2nc(-c3ccc(F)cc3)c(N(C)C(C)C)nc2c1.CC(C)CSC(=O)c1ccc2nc(-c3ccc(F)cc3)c(N(C)C(C)C)nc2c1.CC(C)N(C)c1nc2cc(C(=O)OC(C)(C)C)ccc2nc1-c1ccc(F)cc1.CC(C)N(C)c1nc2cc(C(=O)OCc3ccccc3)ccc2nc1-c1ccc(F)cc1. The number of hydrogen-bond acceptors (Lipinski definition) is 20. The van der Waals surface area contributed by atoms with Crippen LogP contribution >= 0.6 is 11.8 Å². The summed E-state index contributed by atoms with van der Waals surface area (Å²) in [5.41, 5.74) is 13.2. The highest BCUT2D eigenvalue weighted by Gasteiger charge is 2.26. The van der Waals surface area contributed by atoms with Crippen LogP contribution in [0.3, 0.4) is 0 Å². The summed E-state index contributed by atoms with van der Waals surface area (Å²) in [6.45, 7) is 30.9. The number of esters is 3. The third-order valence-corrected chi connectivity index (χ3v) is 20.9. The largest absolute Gasteiger partial charge is 0.462 e. The summed E-state index contributed by atoms with van der Waals surface area (Å²) in [7, 11) is 7.77. The van der Waals surface area contributed by atoms with Gasteiger partial charge in [0.25, 0.3) is 0 Å². The van der Waals surface area contributed by atoms with Crippen LogP contribution < -0.4 is 19.6 Å². The lowest BCUT2D eigenvalue weighted by atomic mass is 10.1. The van der Waals surface area contributed by atoms with E-state index < -0.39 is 17.5 Å². The van der Waals surface area contributed by atoms with Crippen LogP contribution in [0.4, 0.5) is 40.8 Å². The van der Waals surface area contributed by atoms with Crippen molar-refractivity contribution in [1.82, 2.24) is 39.9 Å². The number of aromatic nitrogens is 8. The molecule has 624 valence electrons. The van der Waals surface area contributed by atoms with E-state index in [9.17, 15) is 36.7 Å². The summed E-state index contributed by atoms with van der Waals surface area (Å²) < 4.78 is 69.9. The number of benzene rings is 9. The first kappa shape index (κ1) is 90.0. The predicted molar refractivity (Wildman–Crippen MR) is 476 cm³/mol. The number of rotatable bonds is 23. The number of fused-ring (bicyclic) bond motifs is 4. The molecule has 0 N–H and O–H groups in total. The fourth-order valence-corrected chi connectivity index (χ4v) is 12.6. The second-order valence-electron chi connectivity index (χ2n) is 32.1. The molecule has 13 rings (SSSR count). The van der Waals surface area contributed by atoms with Crippen LogP contribution in [0.15, 0.2) is 200 Å². The summed E-state index contributed by atoms with van der Waals surface area (Å²) in [6.07, 6.45) is 0.823. The molecule has 0 radical (unpaired) electrons. The zero-order valence-corrected chi connectivity index (χ0v) is 72.3. The standard InChI is InChI=1S/C26H24FN3O2.C24H28FN3O2.C23H26FN3O2.C23H26FN3OS/c1-17(2)30(3)25-24(19-9-12-21(27)13-10-19)28-22-14-11-20(15-23(22)29-25)26(31)32-16-18-7-5-4-6-8-18;1-15(2)12-13-30-24(29)18-8-11-20-21(14-18)27-23(28(5)16(3)4)22(26-20)17-6-9-19(25)10-7-17;1-14(2)27(6)21-20(15-7-10-17(24)11-8-15)25-18-12-9-16(13-19(18)26-21)22(28)29-23(3,4)5;1-14(2)13-29-23(28)17-8-11-19-20(12-17)26-22(27(5)15(3)4)21(25-19)16-6-9-18(24)10-7-16/h4-15,17H,16H2,1-3H3;6-11,14-16H,12-13H2,1-5H3;7-14H,1-6H3;6-12,14-15H,13H2,1-5H3. The molecule has 4 heterocycles. The normalized spacial score (nSPS) is 11.4. The maximum absolute atomic E-state index is 13.4. The smallest absolute Gasteiger partial charge is 0.338 e. The van der Waals surface area contributed by atoms with E-state index in [1.54, 1.807) is 109 Å². The molecule has 19 nitrogen and oxygen atoms in total. The van der Waals surface area contributed by atoms with Gasteiger partial charge in [-0.05, 0) is 270 Å². The molecule has 0 saturated carbocycles. The summed E-state index contributed by atoms with van der Waals surface area (Å²) >= 11 is 1.33. The first-order valence-electron chi connectivity index (χ1n) is 40.0. The van der Waals surface area contributed by atoms with Crippen LogP contribution in [0.2, 0.25) is 0 Å². The lowest BCUT2D eigenvalue weighted by Gasteiger charge is -2.25. The number of anilines is 4. The van der Waals surface area contributed by atoms with Gasteiger partial charge in [0.2, 0.25) is 5.12 Å². The Morgan fingerprint density at radius 2 is 0.642 bits per heavy atom. The highest BCUT2D eigenvalue weighted by atomic mass is 32.2. The van der Waals surface area contributed by atoms with E-state index in [4.69, 9.17) is 54.1 Å². The number of carbonyl (C=O) groups is 4. The van der Waals surface area contributed by atoms with Gasteiger partial charge >= 0.3 is 17.9 Å². The maximum Gasteiger partial charge on any atom is 0.338 e. The van der Waals surface area contributed by atoms with Gasteiger partial charge in [0.15, 0.2) is 23.3 Å². The number of carbonyl (C=O) groups excluding carboxylic acids is 4. The number of thioether (sulfide) groups is 1. The molecule has 13 aromatic rings. The van der Waals surface area contributed by atoms with Gasteiger partial charge in [-0.2, -0.15) is 0 Å². The van der Waals surface area contributed by atoms with Crippen LogP contribution in [0, 0.1) is 35.1 Å². The van der Waals surface area contributed by atoms with Crippen LogP contribution in [-0.4, -0.2) is 133 Å². The molecule has 120 heavy (non-hydrogen) atoms. The molecule has 24 heteroatoms. The molecule has 0 spiro atoms. The average Bonchev–Trinajstić information content (AvgIpc) is 0.792. The van der Waals surface area contributed by atoms with Crippen molar-refractivity contribution < 1.29 is 51.0 Å². The van der Waals surface area contributed by atoms with E-state index >= 15 is 0 Å². The molecule has 0 aliphatic heterocycles. The van der Waals surface area contributed by atoms with Crippen molar-refractivity contribution in [2.75, 3.05) is 60.2 Å². The van der Waals surface area contributed by atoms with Crippen LogP contribution in [0.25, 0.3) is 89.2 Å². The lowest BCUT2D eigenvalue weighted by Crippen LogP contribution is -2.27. The fourth-order valence-electron chi connectivity index (χ4n) is 11.8. The molecule has 0 amide bonds. The van der Waals surface area contributed by atoms with E-state index in [1.165, 1.54) is 60.3 Å². The van der Waals surface area contributed by atoms with Crippen molar-refractivity contribution in [2.45, 2.75) is 147 Å². The van der Waals surface area contributed by atoms with Crippen molar-refractivity contribution in [2.24, 2.45) is 11.8 Å². The molecular formula is C96H104F4N12O7S. The molecule has 0 unspecified atom stereocenters. The van der Waals surface area contributed by atoms with E-state index in [1.807, 2.05) is 111 Å². The minimum atomic E-state index is -0.576. The van der Waals surface area contributed by atoms with Gasteiger partial charge in [0.1, 0.15) is 58.3 Å². The van der Waals surface area contributed by atoms with Gasteiger partial charge in [-0.15, -0.1) is 0 Å². The lowest BCUT2D eigenvalue weighted by molar-refractivity contribution is 0.00688. The fraction of sp³-hybridized carbons (Fsp3) is 0.312. The summed E-state index contributed by atoms with van der Waals surface area (Å²) in [6, 6.07) is 56.1. The highest BCUT2D eigenvalue weighted by Crippen LogP contribution is 2.37. The molecule has 9 aromatic carbocycles. The Morgan fingerprint density at radius 1 is 0.350 bits per heavy atom. The zero-order valence-electron chi connectivity index (χ0n) is 71.5. The van der Waals surface area contributed by atoms with Crippen molar-refractivity contribution in [1.29, 1.82) is 0 Å². The van der Waals surface area contributed by atoms with Gasteiger partial charge in [0.05, 0.1) is 67.4 Å². The Kier molecular flexibility index (Phi) is 30.3. The molecule has 4 aromatic heterocycles. The Morgan fingerprint density at radius 3 is 0.933 bits per heavy atom. The average molecular weight is 1650 g/mol. The summed E-state index contributed by atoms with van der Waals surface area (Å²) in [4.78, 5) is 96.4. The minimum Gasteiger partial charge on any atom is -0.462 e. The van der Waals surface area contributed by atoms with E-state index in [2.05, 4.69) is 83.1 Å². The second-order valence-corrected chi connectivity index (χ2v) is 33.1.